The molecule has 0 saturated heterocycles. The summed E-state index contributed by atoms with van der Waals surface area (Å²) in [6.45, 7) is 0.701. The maximum Gasteiger partial charge on any atom is 0.228 e. The van der Waals surface area contributed by atoms with E-state index in [2.05, 4.69) is 10.1 Å². The maximum absolute atomic E-state index is 12.9. The van der Waals surface area contributed by atoms with Gasteiger partial charge in [-0.05, 0) is 19.1 Å². The normalized spacial score (nSPS) is 10.7. The third-order valence-corrected chi connectivity index (χ3v) is 4.60. The third kappa shape index (κ3) is 5.54. The van der Waals surface area contributed by atoms with Crippen LogP contribution in [-0.4, -0.2) is 51.2 Å². The maximum atomic E-state index is 12.9. The molecule has 0 spiro atoms. The molecule has 0 unspecified atom stereocenters. The zero-order valence-electron chi connectivity index (χ0n) is 13.7. The van der Waals surface area contributed by atoms with Crippen molar-refractivity contribution in [2.75, 3.05) is 29.6 Å². The van der Waals surface area contributed by atoms with Gasteiger partial charge in [-0.1, -0.05) is 11.6 Å². The molecule has 2 heterocycles. The first-order valence-corrected chi connectivity index (χ1v) is 9.15. The van der Waals surface area contributed by atoms with E-state index in [9.17, 15) is 14.0 Å². The molecule has 9 heteroatoms. The molecule has 0 N–H and O–H groups in total. The summed E-state index contributed by atoms with van der Waals surface area (Å²) < 4.78 is 14.4. The van der Waals surface area contributed by atoms with Gasteiger partial charge in [0.25, 0.3) is 0 Å². The number of hydrogen-bond acceptors (Lipinski definition) is 5. The number of pyridine rings is 1. The van der Waals surface area contributed by atoms with Gasteiger partial charge >= 0.3 is 0 Å². The third-order valence-electron chi connectivity index (χ3n) is 3.23. The topological polar surface area (TPSA) is 68.1 Å². The van der Waals surface area contributed by atoms with Crippen LogP contribution in [0.1, 0.15) is 13.3 Å². The molecule has 2 rings (SSSR count). The van der Waals surface area contributed by atoms with Gasteiger partial charge in [0.2, 0.25) is 5.91 Å². The van der Waals surface area contributed by atoms with E-state index in [1.807, 2.05) is 0 Å². The summed E-state index contributed by atoms with van der Waals surface area (Å²) in [4.78, 5) is 28.7. The van der Waals surface area contributed by atoms with Crippen molar-refractivity contribution in [2.24, 2.45) is 0 Å². The molecule has 1 amide bonds. The molecule has 134 valence electrons. The highest BCUT2D eigenvalue weighted by Gasteiger charge is 2.21. The van der Waals surface area contributed by atoms with Crippen LogP contribution >= 0.6 is 23.4 Å². The van der Waals surface area contributed by atoms with E-state index in [0.29, 0.717) is 22.9 Å². The molecule has 0 bridgehead atoms. The van der Waals surface area contributed by atoms with Gasteiger partial charge in [-0.3, -0.25) is 14.6 Å². The van der Waals surface area contributed by atoms with Crippen molar-refractivity contribution in [1.82, 2.24) is 14.8 Å². The number of alkyl halides is 1. The molecule has 0 radical (unpaired) electrons. The fraction of sp³-hybridized carbons (Fsp3) is 0.375. The lowest BCUT2D eigenvalue weighted by Gasteiger charge is -2.20. The van der Waals surface area contributed by atoms with Gasteiger partial charge in [0.1, 0.15) is 18.1 Å². The lowest BCUT2D eigenvalue weighted by Crippen LogP contribution is -2.33. The average molecular weight is 385 g/mol. The Bertz CT molecular complexity index is 726. The summed E-state index contributed by atoms with van der Waals surface area (Å²) >= 11 is 7.53. The van der Waals surface area contributed by atoms with Crippen LogP contribution in [0.15, 0.2) is 30.7 Å². The van der Waals surface area contributed by atoms with E-state index in [1.54, 1.807) is 30.7 Å². The Morgan fingerprint density at radius 2 is 2.24 bits per heavy atom. The van der Waals surface area contributed by atoms with Crippen LogP contribution in [0.5, 0.6) is 0 Å². The number of carbonyl (C=O) groups is 2. The van der Waals surface area contributed by atoms with Gasteiger partial charge in [0, 0.05) is 18.4 Å². The monoisotopic (exact) mass is 384 g/mol. The molecule has 0 aromatic carbocycles. The predicted molar refractivity (Wildman–Crippen MR) is 97.3 cm³/mol. The Morgan fingerprint density at radius 1 is 1.44 bits per heavy atom. The first kappa shape index (κ1) is 19.4. The number of ketones is 1. The molecule has 6 nitrogen and oxygen atoms in total. The summed E-state index contributed by atoms with van der Waals surface area (Å²) in [5.41, 5.74) is 1.03. The predicted octanol–water partition coefficient (Wildman–Crippen LogP) is 2.94. The first-order chi connectivity index (χ1) is 12.0. The minimum Gasteiger partial charge on any atom is -0.306 e. The van der Waals surface area contributed by atoms with Gasteiger partial charge in [0.05, 0.1) is 30.4 Å². The minimum atomic E-state index is -0.694. The van der Waals surface area contributed by atoms with E-state index in [0.717, 1.165) is 0 Å². The quantitative estimate of drug-likeness (QED) is 0.622. The van der Waals surface area contributed by atoms with Crippen molar-refractivity contribution in [3.63, 3.8) is 0 Å². The van der Waals surface area contributed by atoms with Gasteiger partial charge in [0.15, 0.2) is 5.15 Å². The molecule has 0 fully saturated rings. The summed E-state index contributed by atoms with van der Waals surface area (Å²) in [5.74, 6) is 0.631. The van der Waals surface area contributed by atoms with Crippen LogP contribution in [0.25, 0.3) is 5.69 Å². The lowest BCUT2D eigenvalue weighted by molar-refractivity contribution is -0.118. The second-order valence-electron chi connectivity index (χ2n) is 5.20. The van der Waals surface area contributed by atoms with Crippen molar-refractivity contribution < 1.29 is 14.0 Å². The van der Waals surface area contributed by atoms with Gasteiger partial charge in [-0.15, -0.1) is 0 Å². The molecular weight excluding hydrogens is 367 g/mol. The van der Waals surface area contributed by atoms with E-state index >= 15 is 0 Å². The number of hydrogen-bond donors (Lipinski definition) is 0. The Labute approximate surface area is 154 Å². The Hall–Kier alpha value is -1.93. The van der Waals surface area contributed by atoms with Crippen LogP contribution in [0.2, 0.25) is 5.15 Å². The fourth-order valence-electron chi connectivity index (χ4n) is 2.12. The zero-order chi connectivity index (χ0) is 18.2. The van der Waals surface area contributed by atoms with E-state index < -0.39 is 6.67 Å². The van der Waals surface area contributed by atoms with E-state index in [4.69, 9.17) is 11.6 Å². The molecule has 0 aliphatic heterocycles. The SMILES string of the molecule is CC(=O)CSCCC(=O)N(CCF)c1cn(-c2cccnc2)nc1Cl. The second-order valence-corrected chi connectivity index (χ2v) is 6.66. The van der Waals surface area contributed by atoms with Crippen molar-refractivity contribution in [3.05, 3.63) is 35.9 Å². The molecule has 0 saturated carbocycles. The number of anilines is 1. The summed E-state index contributed by atoms with van der Waals surface area (Å²) in [6.07, 6.45) is 5.00. The first-order valence-electron chi connectivity index (χ1n) is 7.62. The fourth-order valence-corrected chi connectivity index (χ4v) is 3.10. The van der Waals surface area contributed by atoms with E-state index in [1.165, 1.54) is 28.3 Å². The lowest BCUT2D eigenvalue weighted by atomic mass is 10.3. The highest BCUT2D eigenvalue weighted by molar-refractivity contribution is 7.99. The molecule has 25 heavy (non-hydrogen) atoms. The number of carbonyl (C=O) groups excluding carboxylic acids is 2. The van der Waals surface area contributed by atoms with Gasteiger partial charge in [-0.25, -0.2) is 9.07 Å². The molecule has 0 atom stereocenters. The molecule has 2 aromatic rings. The molecule has 0 aliphatic rings. The Morgan fingerprint density at radius 3 is 2.88 bits per heavy atom. The summed E-state index contributed by atoms with van der Waals surface area (Å²) in [7, 11) is 0. The smallest absolute Gasteiger partial charge is 0.228 e. The number of nitrogens with zero attached hydrogens (tertiary/aromatic N) is 4. The van der Waals surface area contributed by atoms with Gasteiger partial charge < -0.3 is 4.90 Å². The largest absolute Gasteiger partial charge is 0.306 e. The Kier molecular flexibility index (Phi) is 7.39. The number of rotatable bonds is 9. The minimum absolute atomic E-state index is 0.0545. The molecular formula is C16H18ClFN4O2S. The Balaban J connectivity index is 2.12. The van der Waals surface area contributed by atoms with Crippen molar-refractivity contribution >= 4 is 40.7 Å². The average Bonchev–Trinajstić information content (AvgIpc) is 2.98. The number of amides is 1. The number of thioether (sulfide) groups is 1. The van der Waals surface area contributed by atoms with Crippen LogP contribution in [0.3, 0.4) is 0 Å². The highest BCUT2D eigenvalue weighted by Crippen LogP contribution is 2.26. The van der Waals surface area contributed by atoms with Gasteiger partial charge in [-0.2, -0.15) is 16.9 Å². The summed E-state index contributed by atoms with van der Waals surface area (Å²) in [5, 5.41) is 4.27. The summed E-state index contributed by atoms with van der Waals surface area (Å²) in [6, 6.07) is 3.54. The number of Topliss-reactive ketones (excluding diaryl/α,β-unsaturated/α-hetero) is 1. The number of aromatic nitrogens is 3. The highest BCUT2D eigenvalue weighted by atomic mass is 35.5. The molecule has 0 aliphatic carbocycles. The van der Waals surface area contributed by atoms with E-state index in [-0.39, 0.29) is 29.8 Å². The van der Waals surface area contributed by atoms with Crippen molar-refractivity contribution in [2.45, 2.75) is 13.3 Å². The number of halogens is 2. The second kappa shape index (κ2) is 9.53. The molecule has 2 aromatic heterocycles. The van der Waals surface area contributed by atoms with Crippen LogP contribution in [0, 0.1) is 0 Å². The zero-order valence-corrected chi connectivity index (χ0v) is 15.3. The van der Waals surface area contributed by atoms with Crippen LogP contribution in [0.4, 0.5) is 10.1 Å². The van der Waals surface area contributed by atoms with Crippen molar-refractivity contribution in [3.8, 4) is 5.69 Å². The van der Waals surface area contributed by atoms with Crippen LogP contribution in [-0.2, 0) is 9.59 Å². The van der Waals surface area contributed by atoms with Crippen LogP contribution < -0.4 is 4.90 Å². The standard InChI is InChI=1S/C16H18ClFN4O2S/c1-12(23)11-25-8-4-15(24)21(7-5-18)14-10-22(20-16(14)17)13-3-2-6-19-9-13/h2-3,6,9-10H,4-5,7-8,11H2,1H3. The van der Waals surface area contributed by atoms with Crippen molar-refractivity contribution in [1.29, 1.82) is 0 Å².